The van der Waals surface area contributed by atoms with Gasteiger partial charge in [-0.25, -0.2) is 0 Å². The van der Waals surface area contributed by atoms with Crippen LogP contribution >= 0.6 is 0 Å². The number of carboxylic acid groups (broad SMARTS) is 2. The Kier molecular flexibility index (Phi) is 24.8. The molecule has 0 aliphatic carbocycles. The number of rotatable bonds is 21. The van der Waals surface area contributed by atoms with E-state index in [0.29, 0.717) is 6.42 Å². The predicted molar refractivity (Wildman–Crippen MR) is 116 cm³/mol. The van der Waals surface area contributed by atoms with Gasteiger partial charge in [-0.2, -0.15) is 0 Å². The number of unbranched alkanes of at least 4 members (excludes halogenated alkanes) is 14. The zero-order valence-electron chi connectivity index (χ0n) is 19.1. The molecule has 0 aliphatic heterocycles. The first kappa shape index (κ1) is 31.9. The first-order chi connectivity index (χ1) is 14.0. The summed E-state index contributed by atoms with van der Waals surface area (Å²) in [6.07, 6.45) is 18.3. The predicted octanol–water partition coefficient (Wildman–Crippen LogP) is 2.63. The van der Waals surface area contributed by atoms with Gasteiger partial charge in [-0.1, -0.05) is 96.8 Å². The number of aliphatic carboxylic acids is 2. The van der Waals surface area contributed by atoms with Gasteiger partial charge in [-0.15, -0.1) is 0 Å². The molecule has 0 bridgehead atoms. The summed E-state index contributed by atoms with van der Waals surface area (Å²) in [5, 5.41) is 23.7. The fraction of sp³-hybridized carbons (Fsp3) is 0.870. The fourth-order valence-electron chi connectivity index (χ4n) is 3.43. The van der Waals surface area contributed by atoms with Crippen molar-refractivity contribution < 1.29 is 24.6 Å². The number of nitrogens with one attached hydrogen (secondary N) is 1. The molecular weight excluding hydrogens is 410 g/mol. The molecule has 0 heterocycles. The minimum atomic E-state index is -1.46. The monoisotopic (exact) mass is 451 g/mol. The minimum Gasteiger partial charge on any atom is -0.550 e. The maximum atomic E-state index is 11.8. The number of carbonyl (C=O) groups is 3. The van der Waals surface area contributed by atoms with Gasteiger partial charge in [0.05, 0.1) is 12.0 Å². The molecule has 6 nitrogen and oxygen atoms in total. The van der Waals surface area contributed by atoms with Crippen molar-refractivity contribution in [3.8, 4) is 0 Å². The van der Waals surface area contributed by atoms with Crippen molar-refractivity contribution in [3.63, 3.8) is 0 Å². The van der Waals surface area contributed by atoms with E-state index >= 15 is 0 Å². The van der Waals surface area contributed by atoms with E-state index in [1.54, 1.807) is 0 Å². The van der Waals surface area contributed by atoms with E-state index in [0.717, 1.165) is 12.8 Å². The Morgan fingerprint density at radius 2 is 1.07 bits per heavy atom. The SMILES string of the molecule is CCCCCCCCCCCCCCCCCC(=O)NC(CCC(=O)[O-])C(=O)[O-].[Ca+2]. The second-order valence-corrected chi connectivity index (χ2v) is 8.05. The Balaban J connectivity index is 0. The Hall–Kier alpha value is -0.330. The maximum absolute atomic E-state index is 11.8. The molecule has 0 saturated heterocycles. The van der Waals surface area contributed by atoms with Gasteiger partial charge in [0.2, 0.25) is 5.91 Å². The summed E-state index contributed by atoms with van der Waals surface area (Å²) in [5.74, 6) is -3.17. The molecule has 0 aromatic heterocycles. The second-order valence-electron chi connectivity index (χ2n) is 8.05. The Morgan fingerprint density at radius 1 is 0.667 bits per heavy atom. The fourth-order valence-corrected chi connectivity index (χ4v) is 3.43. The van der Waals surface area contributed by atoms with E-state index in [4.69, 9.17) is 0 Å². The van der Waals surface area contributed by atoms with Crippen LogP contribution in [0, 0.1) is 0 Å². The van der Waals surface area contributed by atoms with Gasteiger partial charge in [-0.3, -0.25) is 4.79 Å². The molecule has 0 aromatic carbocycles. The molecule has 1 N–H and O–H groups in total. The maximum Gasteiger partial charge on any atom is 2.00 e. The van der Waals surface area contributed by atoms with E-state index in [1.165, 1.54) is 77.0 Å². The molecule has 1 atom stereocenters. The van der Waals surface area contributed by atoms with Crippen LogP contribution in [0.3, 0.4) is 0 Å². The first-order valence-corrected chi connectivity index (χ1v) is 11.7. The zero-order valence-corrected chi connectivity index (χ0v) is 21.3. The first-order valence-electron chi connectivity index (χ1n) is 11.7. The average molecular weight is 452 g/mol. The molecule has 0 spiro atoms. The summed E-state index contributed by atoms with van der Waals surface area (Å²) in [6, 6.07) is -1.27. The van der Waals surface area contributed by atoms with Gasteiger partial charge in [0, 0.05) is 12.4 Å². The summed E-state index contributed by atoms with van der Waals surface area (Å²) in [7, 11) is 0. The molecule has 7 heteroatoms. The zero-order chi connectivity index (χ0) is 21.7. The van der Waals surface area contributed by atoms with Crippen LogP contribution in [0.25, 0.3) is 0 Å². The van der Waals surface area contributed by atoms with E-state index in [-0.39, 0.29) is 56.5 Å². The van der Waals surface area contributed by atoms with Crippen LogP contribution in [0.4, 0.5) is 0 Å². The van der Waals surface area contributed by atoms with Gasteiger partial charge in [0.1, 0.15) is 0 Å². The summed E-state index contributed by atoms with van der Waals surface area (Å²) in [4.78, 5) is 33.1. The van der Waals surface area contributed by atoms with Gasteiger partial charge in [0.25, 0.3) is 0 Å². The molecular formula is C23H41CaNO5. The standard InChI is InChI=1S/C23H43NO5.Ca/c1-2-3-4-5-6-7-8-9-10-11-12-13-14-15-16-17-21(25)24-20(23(28)29)18-19-22(26)27;/h20H,2-19H2,1H3,(H,24,25)(H,26,27)(H,28,29);/q;+2/p-2. The molecule has 0 saturated carbocycles. The smallest absolute Gasteiger partial charge is 0.550 e. The number of carbonyl (C=O) groups excluding carboxylic acids is 3. The van der Waals surface area contributed by atoms with Crippen LogP contribution in [0.1, 0.15) is 122 Å². The molecule has 0 fully saturated rings. The van der Waals surface area contributed by atoms with Crippen LogP contribution in [-0.4, -0.2) is 61.6 Å². The van der Waals surface area contributed by atoms with Crippen molar-refractivity contribution in [3.05, 3.63) is 0 Å². The molecule has 170 valence electrons. The molecule has 1 amide bonds. The van der Waals surface area contributed by atoms with Crippen LogP contribution in [0.5, 0.6) is 0 Å². The van der Waals surface area contributed by atoms with Gasteiger partial charge in [-0.05, 0) is 19.3 Å². The van der Waals surface area contributed by atoms with Crippen molar-refractivity contribution in [2.45, 2.75) is 129 Å². The number of carboxylic acids is 2. The largest absolute Gasteiger partial charge is 2.00 e. The van der Waals surface area contributed by atoms with Gasteiger partial charge >= 0.3 is 37.7 Å². The third kappa shape index (κ3) is 22.4. The van der Waals surface area contributed by atoms with Crippen molar-refractivity contribution in [1.29, 1.82) is 0 Å². The van der Waals surface area contributed by atoms with E-state index in [9.17, 15) is 24.6 Å². The van der Waals surface area contributed by atoms with Crippen LogP contribution < -0.4 is 15.5 Å². The van der Waals surface area contributed by atoms with Crippen molar-refractivity contribution in [1.82, 2.24) is 5.32 Å². The third-order valence-electron chi connectivity index (χ3n) is 5.26. The molecule has 0 radical (unpaired) electrons. The molecule has 1 unspecified atom stereocenters. The Labute approximate surface area is 213 Å². The van der Waals surface area contributed by atoms with Gasteiger partial charge in [0.15, 0.2) is 0 Å². The Bertz CT molecular complexity index is 445. The summed E-state index contributed by atoms with van der Waals surface area (Å²) >= 11 is 0. The summed E-state index contributed by atoms with van der Waals surface area (Å²) in [6.45, 7) is 2.25. The number of hydrogen-bond acceptors (Lipinski definition) is 5. The third-order valence-corrected chi connectivity index (χ3v) is 5.26. The molecule has 30 heavy (non-hydrogen) atoms. The van der Waals surface area contributed by atoms with E-state index < -0.39 is 24.4 Å². The minimum absolute atomic E-state index is 0. The second kappa shape index (κ2) is 23.3. The average Bonchev–Trinajstić information content (AvgIpc) is 2.67. The van der Waals surface area contributed by atoms with Crippen LogP contribution in [-0.2, 0) is 14.4 Å². The van der Waals surface area contributed by atoms with E-state index in [2.05, 4.69) is 12.2 Å². The number of hydrogen-bond donors (Lipinski definition) is 1. The van der Waals surface area contributed by atoms with E-state index in [1.807, 2.05) is 0 Å². The van der Waals surface area contributed by atoms with Crippen molar-refractivity contribution in [2.75, 3.05) is 0 Å². The molecule has 0 rings (SSSR count). The topological polar surface area (TPSA) is 109 Å². The normalized spacial score (nSPS) is 11.5. The summed E-state index contributed by atoms with van der Waals surface area (Å²) in [5.41, 5.74) is 0. The van der Waals surface area contributed by atoms with Crippen LogP contribution in [0.15, 0.2) is 0 Å². The molecule has 0 aromatic rings. The van der Waals surface area contributed by atoms with Crippen molar-refractivity contribution >= 4 is 55.6 Å². The number of amides is 1. The Morgan fingerprint density at radius 3 is 1.43 bits per heavy atom. The van der Waals surface area contributed by atoms with Gasteiger partial charge < -0.3 is 25.1 Å². The van der Waals surface area contributed by atoms with Crippen LogP contribution in [0.2, 0.25) is 0 Å². The quantitative estimate of drug-likeness (QED) is 0.213. The molecule has 0 aliphatic rings. The van der Waals surface area contributed by atoms with Crippen molar-refractivity contribution in [2.24, 2.45) is 0 Å². The summed E-state index contributed by atoms with van der Waals surface area (Å²) < 4.78 is 0.